The number of carbonyl (C=O) groups is 1. The molecular weight excluding hydrogens is 197 g/mol. The lowest BCUT2D eigenvalue weighted by molar-refractivity contribution is -0.131. The molecule has 2 N–H and O–H groups in total. The van der Waals surface area contributed by atoms with Gasteiger partial charge in [0.15, 0.2) is 0 Å². The Labute approximate surface area is 87.2 Å². The van der Waals surface area contributed by atoms with Crippen molar-refractivity contribution in [1.29, 1.82) is 0 Å². The molecule has 0 aliphatic heterocycles. The first kappa shape index (κ1) is 11.2. The number of aryl methyl sites for hydroxylation is 1. The zero-order valence-electron chi connectivity index (χ0n) is 8.33. The summed E-state index contributed by atoms with van der Waals surface area (Å²) in [6.07, 6.45) is 2.51. The molecule has 0 atom stereocenters. The molecule has 0 amide bonds. The average Bonchev–Trinajstić information content (AvgIpc) is 2.17. The number of rotatable bonds is 4. The lowest BCUT2D eigenvalue weighted by atomic mass is 10.2. The van der Waals surface area contributed by atoms with Crippen LogP contribution in [0.5, 0.6) is 0 Å². The Bertz CT molecular complexity index is 388. The lowest BCUT2D eigenvalue weighted by Gasteiger charge is -2.06. The number of hydrogen-bond donors (Lipinski definition) is 2. The Hall–Kier alpha value is -1.84. The number of halogens is 1. The first-order chi connectivity index (χ1) is 7.09. The molecule has 0 aromatic heterocycles. The summed E-state index contributed by atoms with van der Waals surface area (Å²) in [6, 6.07) is 4.43. The Balaban J connectivity index is 2.57. The average molecular weight is 209 g/mol. The van der Waals surface area contributed by atoms with Crippen molar-refractivity contribution in [3.05, 3.63) is 41.7 Å². The fourth-order valence-corrected chi connectivity index (χ4v) is 1.11. The molecule has 1 aromatic carbocycles. The van der Waals surface area contributed by atoms with E-state index in [9.17, 15) is 9.18 Å². The van der Waals surface area contributed by atoms with Gasteiger partial charge >= 0.3 is 5.97 Å². The van der Waals surface area contributed by atoms with E-state index in [1.807, 2.05) is 6.92 Å². The molecule has 0 fully saturated rings. The number of hydrogen-bond acceptors (Lipinski definition) is 2. The zero-order valence-corrected chi connectivity index (χ0v) is 8.33. The lowest BCUT2D eigenvalue weighted by Crippen LogP contribution is -2.01. The molecule has 0 radical (unpaired) electrons. The summed E-state index contributed by atoms with van der Waals surface area (Å²) in [5, 5.41) is 11.3. The van der Waals surface area contributed by atoms with E-state index in [2.05, 4.69) is 5.32 Å². The topological polar surface area (TPSA) is 49.3 Å². The fraction of sp³-hybridized carbons (Fsp3) is 0.182. The first-order valence-electron chi connectivity index (χ1n) is 4.49. The van der Waals surface area contributed by atoms with Gasteiger partial charge in [0.2, 0.25) is 0 Å². The molecule has 15 heavy (non-hydrogen) atoms. The highest BCUT2D eigenvalue weighted by molar-refractivity contribution is 5.79. The number of nitrogens with one attached hydrogen (secondary N) is 1. The van der Waals surface area contributed by atoms with Gasteiger partial charge in [-0.15, -0.1) is 0 Å². The molecule has 1 aromatic rings. The van der Waals surface area contributed by atoms with Gasteiger partial charge in [-0.3, -0.25) is 0 Å². The summed E-state index contributed by atoms with van der Waals surface area (Å²) in [7, 11) is 0. The summed E-state index contributed by atoms with van der Waals surface area (Å²) >= 11 is 0. The summed E-state index contributed by atoms with van der Waals surface area (Å²) in [5.41, 5.74) is 1.59. The maximum atomic E-state index is 12.8. The van der Waals surface area contributed by atoms with Crippen LogP contribution >= 0.6 is 0 Å². The zero-order chi connectivity index (χ0) is 11.3. The predicted octanol–water partition coefficient (Wildman–Crippen LogP) is 2.19. The maximum Gasteiger partial charge on any atom is 0.328 e. The van der Waals surface area contributed by atoms with E-state index in [1.54, 1.807) is 6.07 Å². The van der Waals surface area contributed by atoms with Gasteiger partial charge < -0.3 is 10.4 Å². The van der Waals surface area contributed by atoms with E-state index >= 15 is 0 Å². The minimum Gasteiger partial charge on any atom is -0.478 e. The summed E-state index contributed by atoms with van der Waals surface area (Å²) in [6.45, 7) is 2.21. The number of anilines is 1. The van der Waals surface area contributed by atoms with Crippen LogP contribution in [0.1, 0.15) is 5.56 Å². The number of carboxylic acid groups (broad SMARTS) is 1. The normalized spacial score (nSPS) is 10.5. The van der Waals surface area contributed by atoms with Crippen LogP contribution in [0, 0.1) is 12.7 Å². The van der Waals surface area contributed by atoms with Gasteiger partial charge in [-0.25, -0.2) is 9.18 Å². The predicted molar refractivity (Wildman–Crippen MR) is 56.4 cm³/mol. The highest BCUT2D eigenvalue weighted by Gasteiger charge is 1.98. The standard InChI is InChI=1S/C11H12FNO2/c1-8-4-5-9(12)7-10(8)13-6-2-3-11(14)15/h2-5,7,13H,6H2,1H3,(H,14,15)/b3-2+. The Morgan fingerprint density at radius 3 is 3.00 bits per heavy atom. The highest BCUT2D eigenvalue weighted by Crippen LogP contribution is 2.15. The molecule has 0 bridgehead atoms. The molecule has 4 heteroatoms. The third-order valence-corrected chi connectivity index (χ3v) is 1.87. The van der Waals surface area contributed by atoms with Crippen LogP contribution in [0.25, 0.3) is 0 Å². The molecule has 0 heterocycles. The Morgan fingerprint density at radius 1 is 1.60 bits per heavy atom. The minimum atomic E-state index is -0.993. The monoisotopic (exact) mass is 209 g/mol. The van der Waals surface area contributed by atoms with Crippen LogP contribution in [0.15, 0.2) is 30.4 Å². The van der Waals surface area contributed by atoms with E-state index in [0.29, 0.717) is 12.2 Å². The van der Waals surface area contributed by atoms with Gasteiger partial charge in [0, 0.05) is 18.3 Å². The molecule has 0 spiro atoms. The van der Waals surface area contributed by atoms with Crippen LogP contribution in [0.3, 0.4) is 0 Å². The van der Waals surface area contributed by atoms with Crippen molar-refractivity contribution >= 4 is 11.7 Å². The van der Waals surface area contributed by atoms with Crippen molar-refractivity contribution < 1.29 is 14.3 Å². The van der Waals surface area contributed by atoms with Crippen LogP contribution in [0.2, 0.25) is 0 Å². The molecule has 80 valence electrons. The molecule has 0 aliphatic carbocycles. The summed E-state index contributed by atoms with van der Waals surface area (Å²) in [4.78, 5) is 10.2. The van der Waals surface area contributed by atoms with Crippen molar-refractivity contribution in [3.8, 4) is 0 Å². The molecule has 3 nitrogen and oxygen atoms in total. The van der Waals surface area contributed by atoms with Gasteiger partial charge in [-0.2, -0.15) is 0 Å². The SMILES string of the molecule is Cc1ccc(F)cc1NC/C=C/C(=O)O. The molecule has 1 rings (SSSR count). The van der Waals surface area contributed by atoms with Crippen LogP contribution in [0.4, 0.5) is 10.1 Å². The number of carboxylic acids is 1. The van der Waals surface area contributed by atoms with E-state index in [4.69, 9.17) is 5.11 Å². The summed E-state index contributed by atoms with van der Waals surface area (Å²) < 4.78 is 12.8. The van der Waals surface area contributed by atoms with Gasteiger partial charge in [0.05, 0.1) is 0 Å². The molecule has 0 saturated heterocycles. The minimum absolute atomic E-state index is 0.315. The number of benzene rings is 1. The highest BCUT2D eigenvalue weighted by atomic mass is 19.1. The van der Waals surface area contributed by atoms with E-state index in [0.717, 1.165) is 11.6 Å². The van der Waals surface area contributed by atoms with Crippen LogP contribution in [-0.4, -0.2) is 17.6 Å². The third kappa shape index (κ3) is 3.81. The smallest absolute Gasteiger partial charge is 0.328 e. The van der Waals surface area contributed by atoms with Crippen molar-refractivity contribution in [2.24, 2.45) is 0 Å². The second-order valence-corrected chi connectivity index (χ2v) is 3.08. The Morgan fingerprint density at radius 2 is 2.33 bits per heavy atom. The second-order valence-electron chi connectivity index (χ2n) is 3.08. The molecule has 0 unspecified atom stereocenters. The van der Waals surface area contributed by atoms with E-state index in [-0.39, 0.29) is 5.82 Å². The van der Waals surface area contributed by atoms with Crippen LogP contribution in [-0.2, 0) is 4.79 Å². The Kier molecular flexibility index (Phi) is 3.85. The van der Waals surface area contributed by atoms with Gasteiger partial charge in [-0.05, 0) is 24.6 Å². The molecule has 0 aliphatic rings. The first-order valence-corrected chi connectivity index (χ1v) is 4.49. The fourth-order valence-electron chi connectivity index (χ4n) is 1.11. The van der Waals surface area contributed by atoms with Crippen molar-refractivity contribution in [2.75, 3.05) is 11.9 Å². The molecular formula is C11H12FNO2. The van der Waals surface area contributed by atoms with E-state index < -0.39 is 5.97 Å². The van der Waals surface area contributed by atoms with Gasteiger partial charge in [0.25, 0.3) is 0 Å². The summed E-state index contributed by atoms with van der Waals surface area (Å²) in [5.74, 6) is -1.31. The van der Waals surface area contributed by atoms with Crippen molar-refractivity contribution in [2.45, 2.75) is 6.92 Å². The van der Waals surface area contributed by atoms with Gasteiger partial charge in [0.1, 0.15) is 5.82 Å². The van der Waals surface area contributed by atoms with Crippen molar-refractivity contribution in [3.63, 3.8) is 0 Å². The molecule has 0 saturated carbocycles. The maximum absolute atomic E-state index is 12.8. The largest absolute Gasteiger partial charge is 0.478 e. The van der Waals surface area contributed by atoms with E-state index in [1.165, 1.54) is 18.2 Å². The van der Waals surface area contributed by atoms with Crippen molar-refractivity contribution in [1.82, 2.24) is 0 Å². The quantitative estimate of drug-likeness (QED) is 0.747. The second kappa shape index (κ2) is 5.14. The van der Waals surface area contributed by atoms with Crippen LogP contribution < -0.4 is 5.32 Å². The van der Waals surface area contributed by atoms with Gasteiger partial charge in [-0.1, -0.05) is 12.1 Å². The number of aliphatic carboxylic acids is 1. The third-order valence-electron chi connectivity index (χ3n) is 1.87.